The Bertz CT molecular complexity index is 442. The SMILES string of the molecule is CCC(C)N(CC(=O)O)C(C)c1ccc(OC(C)C)cc1. The number of ether oxygens (including phenoxy) is 1. The Kier molecular flexibility index (Phi) is 6.69. The lowest BCUT2D eigenvalue weighted by Gasteiger charge is -2.33. The molecular formula is C17H27NO3. The molecule has 0 aliphatic heterocycles. The van der Waals surface area contributed by atoms with Gasteiger partial charge in [0.05, 0.1) is 12.6 Å². The van der Waals surface area contributed by atoms with Crippen molar-refractivity contribution in [3.8, 4) is 5.75 Å². The maximum absolute atomic E-state index is 11.1. The van der Waals surface area contributed by atoms with E-state index >= 15 is 0 Å². The standard InChI is InChI=1S/C17H27NO3/c1-6-13(4)18(11-17(19)20)14(5)15-7-9-16(10-8-15)21-12(2)3/h7-10,12-14H,6,11H2,1-5H3,(H,19,20). The molecule has 2 unspecified atom stereocenters. The number of carbonyl (C=O) groups is 1. The second-order valence-corrected chi connectivity index (χ2v) is 5.73. The molecule has 0 saturated carbocycles. The highest BCUT2D eigenvalue weighted by Crippen LogP contribution is 2.25. The first kappa shape index (κ1) is 17.5. The summed E-state index contributed by atoms with van der Waals surface area (Å²) in [7, 11) is 0. The van der Waals surface area contributed by atoms with Crippen LogP contribution in [-0.4, -0.2) is 34.7 Å². The van der Waals surface area contributed by atoms with Crippen LogP contribution in [0.1, 0.15) is 52.6 Å². The van der Waals surface area contributed by atoms with Gasteiger partial charge < -0.3 is 9.84 Å². The van der Waals surface area contributed by atoms with Crippen LogP contribution in [0.15, 0.2) is 24.3 Å². The van der Waals surface area contributed by atoms with Crippen molar-refractivity contribution in [2.24, 2.45) is 0 Å². The fourth-order valence-corrected chi connectivity index (χ4v) is 2.35. The summed E-state index contributed by atoms with van der Waals surface area (Å²) >= 11 is 0. The molecule has 1 rings (SSSR count). The first-order valence-corrected chi connectivity index (χ1v) is 7.59. The van der Waals surface area contributed by atoms with Gasteiger partial charge >= 0.3 is 5.97 Å². The van der Waals surface area contributed by atoms with E-state index in [-0.39, 0.29) is 24.7 Å². The van der Waals surface area contributed by atoms with Gasteiger partial charge in [0.15, 0.2) is 0 Å². The molecule has 0 aliphatic carbocycles. The molecular weight excluding hydrogens is 266 g/mol. The maximum Gasteiger partial charge on any atom is 0.317 e. The smallest absolute Gasteiger partial charge is 0.317 e. The molecule has 0 heterocycles. The molecule has 118 valence electrons. The maximum atomic E-state index is 11.1. The zero-order valence-corrected chi connectivity index (χ0v) is 13.7. The number of carboxylic acids is 1. The van der Waals surface area contributed by atoms with Gasteiger partial charge in [-0.05, 0) is 51.8 Å². The molecule has 0 amide bonds. The zero-order valence-electron chi connectivity index (χ0n) is 13.7. The number of hydrogen-bond donors (Lipinski definition) is 1. The monoisotopic (exact) mass is 293 g/mol. The van der Waals surface area contributed by atoms with E-state index in [1.54, 1.807) is 0 Å². The van der Waals surface area contributed by atoms with Crippen molar-refractivity contribution in [3.05, 3.63) is 29.8 Å². The van der Waals surface area contributed by atoms with Crippen LogP contribution in [0.25, 0.3) is 0 Å². The van der Waals surface area contributed by atoms with Gasteiger partial charge in [-0.2, -0.15) is 0 Å². The van der Waals surface area contributed by atoms with E-state index in [9.17, 15) is 4.79 Å². The molecule has 1 aromatic rings. The lowest BCUT2D eigenvalue weighted by atomic mass is 10.0. The van der Waals surface area contributed by atoms with Crippen LogP contribution in [0.4, 0.5) is 0 Å². The minimum atomic E-state index is -0.790. The van der Waals surface area contributed by atoms with Crippen LogP contribution in [-0.2, 0) is 4.79 Å². The summed E-state index contributed by atoms with van der Waals surface area (Å²) in [6, 6.07) is 8.20. The lowest BCUT2D eigenvalue weighted by molar-refractivity contribution is -0.139. The summed E-state index contributed by atoms with van der Waals surface area (Å²) in [6.07, 6.45) is 1.07. The Morgan fingerprint density at radius 1 is 1.19 bits per heavy atom. The van der Waals surface area contributed by atoms with Gasteiger partial charge in [-0.15, -0.1) is 0 Å². The number of hydrogen-bond acceptors (Lipinski definition) is 3. The van der Waals surface area contributed by atoms with Crippen molar-refractivity contribution >= 4 is 5.97 Å². The summed E-state index contributed by atoms with van der Waals surface area (Å²) < 4.78 is 5.63. The van der Waals surface area contributed by atoms with Crippen molar-refractivity contribution in [2.45, 2.75) is 59.2 Å². The molecule has 0 aliphatic rings. The largest absolute Gasteiger partial charge is 0.491 e. The van der Waals surface area contributed by atoms with Gasteiger partial charge in [0, 0.05) is 12.1 Å². The minimum absolute atomic E-state index is 0.0560. The van der Waals surface area contributed by atoms with Gasteiger partial charge in [0.25, 0.3) is 0 Å². The Hall–Kier alpha value is -1.55. The predicted molar refractivity (Wildman–Crippen MR) is 84.7 cm³/mol. The molecule has 1 aromatic carbocycles. The predicted octanol–water partition coefficient (Wildman–Crippen LogP) is 3.72. The number of carboxylic acid groups (broad SMARTS) is 1. The van der Waals surface area contributed by atoms with E-state index in [0.29, 0.717) is 0 Å². The Balaban J connectivity index is 2.87. The van der Waals surface area contributed by atoms with E-state index in [1.807, 2.05) is 49.9 Å². The van der Waals surface area contributed by atoms with Gasteiger partial charge in [-0.1, -0.05) is 19.1 Å². The van der Waals surface area contributed by atoms with Gasteiger partial charge in [0.2, 0.25) is 0 Å². The highest BCUT2D eigenvalue weighted by Gasteiger charge is 2.22. The normalized spacial score (nSPS) is 14.2. The number of benzene rings is 1. The summed E-state index contributed by atoms with van der Waals surface area (Å²) in [4.78, 5) is 13.1. The minimum Gasteiger partial charge on any atom is -0.491 e. The van der Waals surface area contributed by atoms with Gasteiger partial charge in [-0.25, -0.2) is 0 Å². The summed E-state index contributed by atoms with van der Waals surface area (Å²) in [5.41, 5.74) is 1.10. The van der Waals surface area contributed by atoms with E-state index in [2.05, 4.69) is 13.8 Å². The zero-order chi connectivity index (χ0) is 16.0. The van der Waals surface area contributed by atoms with E-state index < -0.39 is 5.97 Å². The van der Waals surface area contributed by atoms with E-state index in [4.69, 9.17) is 9.84 Å². The molecule has 0 aromatic heterocycles. The average molecular weight is 293 g/mol. The van der Waals surface area contributed by atoms with Crippen LogP contribution < -0.4 is 4.74 Å². The first-order chi connectivity index (χ1) is 9.85. The second-order valence-electron chi connectivity index (χ2n) is 5.73. The molecule has 0 saturated heterocycles. The van der Waals surface area contributed by atoms with E-state index in [0.717, 1.165) is 17.7 Å². The van der Waals surface area contributed by atoms with Crippen LogP contribution in [0.3, 0.4) is 0 Å². The average Bonchev–Trinajstić information content (AvgIpc) is 2.43. The molecule has 21 heavy (non-hydrogen) atoms. The number of aliphatic carboxylic acids is 1. The summed E-state index contributed by atoms with van der Waals surface area (Å²) in [5, 5.41) is 9.11. The fourth-order valence-electron chi connectivity index (χ4n) is 2.35. The summed E-state index contributed by atoms with van der Waals surface area (Å²) in [5.74, 6) is 0.0520. The highest BCUT2D eigenvalue weighted by molar-refractivity contribution is 5.69. The van der Waals surface area contributed by atoms with Crippen LogP contribution in [0, 0.1) is 0 Å². The molecule has 0 radical (unpaired) electrons. The van der Waals surface area contributed by atoms with Crippen LogP contribution in [0.2, 0.25) is 0 Å². The molecule has 0 spiro atoms. The van der Waals surface area contributed by atoms with Crippen molar-refractivity contribution in [1.82, 2.24) is 4.90 Å². The number of rotatable bonds is 8. The summed E-state index contributed by atoms with van der Waals surface area (Å²) in [6.45, 7) is 10.2. The Labute approximate surface area is 127 Å². The molecule has 0 bridgehead atoms. The van der Waals surface area contributed by atoms with Crippen molar-refractivity contribution in [1.29, 1.82) is 0 Å². The fraction of sp³-hybridized carbons (Fsp3) is 0.588. The molecule has 1 N–H and O–H groups in total. The molecule has 4 nitrogen and oxygen atoms in total. The Morgan fingerprint density at radius 3 is 2.19 bits per heavy atom. The topological polar surface area (TPSA) is 49.8 Å². The van der Waals surface area contributed by atoms with Crippen LogP contribution >= 0.6 is 0 Å². The van der Waals surface area contributed by atoms with Crippen molar-refractivity contribution in [3.63, 3.8) is 0 Å². The third-order valence-electron chi connectivity index (χ3n) is 3.71. The van der Waals surface area contributed by atoms with Gasteiger partial charge in [-0.3, -0.25) is 9.69 Å². The van der Waals surface area contributed by atoms with Crippen molar-refractivity contribution in [2.75, 3.05) is 6.54 Å². The third kappa shape index (κ3) is 5.38. The highest BCUT2D eigenvalue weighted by atomic mass is 16.5. The first-order valence-electron chi connectivity index (χ1n) is 7.59. The molecule has 0 fully saturated rings. The third-order valence-corrected chi connectivity index (χ3v) is 3.71. The van der Waals surface area contributed by atoms with Crippen LogP contribution in [0.5, 0.6) is 5.75 Å². The number of nitrogens with zero attached hydrogens (tertiary/aromatic N) is 1. The van der Waals surface area contributed by atoms with Gasteiger partial charge in [0.1, 0.15) is 5.75 Å². The van der Waals surface area contributed by atoms with E-state index in [1.165, 1.54) is 0 Å². The Morgan fingerprint density at radius 2 is 1.76 bits per heavy atom. The molecule has 2 atom stereocenters. The lowest BCUT2D eigenvalue weighted by Crippen LogP contribution is -2.39. The second kappa shape index (κ2) is 8.03. The van der Waals surface area contributed by atoms with Crippen molar-refractivity contribution < 1.29 is 14.6 Å². The quantitative estimate of drug-likeness (QED) is 0.793. The molecule has 4 heteroatoms.